The fraction of sp³-hybridized carbons (Fsp3) is 0.600. The first-order valence-corrected chi connectivity index (χ1v) is 8.03. The standard InChI is InChI=1S/C15H22N6O2/c16-14(22)13-10-21(19-18-13)12-5-7-20(8-6-12)15(23)17-9-11-3-1-2-4-11/h1-2,10-12H,3-9H2,(H2,16,22)(H,17,23). The van der Waals surface area contributed by atoms with E-state index in [4.69, 9.17) is 5.73 Å². The Kier molecular flexibility index (Phi) is 4.59. The van der Waals surface area contributed by atoms with Crippen LogP contribution in [-0.2, 0) is 0 Å². The van der Waals surface area contributed by atoms with Crippen molar-refractivity contribution in [3.63, 3.8) is 0 Å². The monoisotopic (exact) mass is 318 g/mol. The van der Waals surface area contributed by atoms with Crippen LogP contribution in [0.2, 0.25) is 0 Å². The molecule has 0 aromatic carbocycles. The van der Waals surface area contributed by atoms with Crippen molar-refractivity contribution in [3.8, 4) is 0 Å². The van der Waals surface area contributed by atoms with Gasteiger partial charge in [0.15, 0.2) is 5.69 Å². The normalized spacial score (nSPS) is 19.2. The largest absolute Gasteiger partial charge is 0.364 e. The van der Waals surface area contributed by atoms with Crippen molar-refractivity contribution in [2.45, 2.75) is 31.7 Å². The number of allylic oxidation sites excluding steroid dienone is 2. The maximum absolute atomic E-state index is 12.2. The minimum atomic E-state index is -0.575. The summed E-state index contributed by atoms with van der Waals surface area (Å²) in [6.45, 7) is 2.08. The summed E-state index contributed by atoms with van der Waals surface area (Å²) in [7, 11) is 0. The minimum absolute atomic E-state index is 0.00626. The zero-order valence-electron chi connectivity index (χ0n) is 13.0. The second-order valence-electron chi connectivity index (χ2n) is 6.16. The fourth-order valence-electron chi connectivity index (χ4n) is 3.09. The molecule has 0 bridgehead atoms. The van der Waals surface area contributed by atoms with Gasteiger partial charge in [0.25, 0.3) is 5.91 Å². The zero-order chi connectivity index (χ0) is 16.2. The number of nitrogens with one attached hydrogen (secondary N) is 1. The van der Waals surface area contributed by atoms with E-state index >= 15 is 0 Å². The maximum Gasteiger partial charge on any atom is 0.317 e. The van der Waals surface area contributed by atoms with E-state index in [2.05, 4.69) is 27.8 Å². The van der Waals surface area contributed by atoms with E-state index in [0.29, 0.717) is 19.0 Å². The molecule has 3 N–H and O–H groups in total. The van der Waals surface area contributed by atoms with Gasteiger partial charge in [-0.25, -0.2) is 9.48 Å². The number of carbonyl (C=O) groups excluding carboxylic acids is 2. The molecule has 2 aliphatic rings. The number of nitrogens with two attached hydrogens (primary N) is 1. The van der Waals surface area contributed by atoms with Crippen LogP contribution in [0.15, 0.2) is 18.3 Å². The number of carbonyl (C=O) groups is 2. The molecule has 0 unspecified atom stereocenters. The van der Waals surface area contributed by atoms with E-state index < -0.39 is 5.91 Å². The van der Waals surface area contributed by atoms with Crippen LogP contribution in [0.3, 0.4) is 0 Å². The molecule has 3 amide bonds. The van der Waals surface area contributed by atoms with Crippen LogP contribution < -0.4 is 11.1 Å². The SMILES string of the molecule is NC(=O)c1cn(C2CCN(C(=O)NCC3CC=CC3)CC2)nn1. The zero-order valence-corrected chi connectivity index (χ0v) is 13.0. The summed E-state index contributed by atoms with van der Waals surface area (Å²) in [5.74, 6) is -0.0340. The van der Waals surface area contributed by atoms with Crippen LogP contribution in [0.25, 0.3) is 0 Å². The Bertz CT molecular complexity index is 595. The maximum atomic E-state index is 12.2. The predicted molar refractivity (Wildman–Crippen MR) is 83.6 cm³/mol. The van der Waals surface area contributed by atoms with Gasteiger partial charge in [-0.05, 0) is 31.6 Å². The lowest BCUT2D eigenvalue weighted by atomic mass is 10.1. The summed E-state index contributed by atoms with van der Waals surface area (Å²) in [5.41, 5.74) is 5.36. The van der Waals surface area contributed by atoms with Gasteiger partial charge in [-0.15, -0.1) is 5.10 Å². The van der Waals surface area contributed by atoms with Crippen molar-refractivity contribution in [3.05, 3.63) is 24.0 Å². The van der Waals surface area contributed by atoms with Crippen LogP contribution in [-0.4, -0.2) is 51.5 Å². The third kappa shape index (κ3) is 3.69. The number of primary amides is 1. The number of aromatic nitrogens is 3. The van der Waals surface area contributed by atoms with E-state index in [-0.39, 0.29) is 17.8 Å². The van der Waals surface area contributed by atoms with Crippen LogP contribution in [0, 0.1) is 5.92 Å². The average molecular weight is 318 g/mol. The molecule has 3 rings (SSSR count). The molecule has 23 heavy (non-hydrogen) atoms. The average Bonchev–Trinajstić information content (AvgIpc) is 3.24. The molecule has 1 aromatic heterocycles. The highest BCUT2D eigenvalue weighted by Gasteiger charge is 2.25. The molecule has 8 nitrogen and oxygen atoms in total. The molecule has 0 radical (unpaired) electrons. The summed E-state index contributed by atoms with van der Waals surface area (Å²) < 4.78 is 1.68. The Hall–Kier alpha value is -2.38. The molecule has 1 aromatic rings. The number of nitrogens with zero attached hydrogens (tertiary/aromatic N) is 4. The van der Waals surface area contributed by atoms with Crippen LogP contribution in [0.5, 0.6) is 0 Å². The highest BCUT2D eigenvalue weighted by Crippen LogP contribution is 2.22. The number of urea groups is 1. The summed E-state index contributed by atoms with van der Waals surface area (Å²) in [4.78, 5) is 25.1. The quantitative estimate of drug-likeness (QED) is 0.797. The molecule has 2 heterocycles. The third-order valence-electron chi connectivity index (χ3n) is 4.54. The Labute approximate surface area is 134 Å². The van der Waals surface area contributed by atoms with Crippen molar-refractivity contribution in [1.82, 2.24) is 25.2 Å². The van der Waals surface area contributed by atoms with E-state index in [9.17, 15) is 9.59 Å². The summed E-state index contributed by atoms with van der Waals surface area (Å²) in [6, 6.07) is 0.158. The van der Waals surface area contributed by atoms with Crippen molar-refractivity contribution < 1.29 is 9.59 Å². The second-order valence-corrected chi connectivity index (χ2v) is 6.16. The van der Waals surface area contributed by atoms with Crippen molar-refractivity contribution in [2.24, 2.45) is 11.7 Å². The molecule has 0 saturated carbocycles. The number of hydrogen-bond donors (Lipinski definition) is 2. The highest BCUT2D eigenvalue weighted by atomic mass is 16.2. The summed E-state index contributed by atoms with van der Waals surface area (Å²) in [5, 5.41) is 10.7. The van der Waals surface area contributed by atoms with E-state index in [1.165, 1.54) is 0 Å². The molecule has 1 aliphatic heterocycles. The first kappa shape index (κ1) is 15.5. The lowest BCUT2D eigenvalue weighted by molar-refractivity contribution is 0.0995. The topological polar surface area (TPSA) is 106 Å². The molecule has 0 atom stereocenters. The van der Waals surface area contributed by atoms with Gasteiger partial charge in [0.05, 0.1) is 12.2 Å². The highest BCUT2D eigenvalue weighted by molar-refractivity contribution is 5.90. The van der Waals surface area contributed by atoms with E-state index in [1.807, 2.05) is 4.90 Å². The van der Waals surface area contributed by atoms with Gasteiger partial charge in [0.1, 0.15) is 0 Å². The van der Waals surface area contributed by atoms with Gasteiger partial charge in [-0.1, -0.05) is 17.4 Å². The Balaban J connectivity index is 1.45. The smallest absolute Gasteiger partial charge is 0.317 e. The number of amides is 3. The Morgan fingerprint density at radius 1 is 1.26 bits per heavy atom. The molecular weight excluding hydrogens is 296 g/mol. The Morgan fingerprint density at radius 3 is 2.57 bits per heavy atom. The van der Waals surface area contributed by atoms with Gasteiger partial charge in [0.2, 0.25) is 0 Å². The Morgan fingerprint density at radius 2 is 1.96 bits per heavy atom. The number of piperidine rings is 1. The van der Waals surface area contributed by atoms with Crippen LogP contribution >= 0.6 is 0 Å². The first-order valence-electron chi connectivity index (χ1n) is 8.03. The van der Waals surface area contributed by atoms with Gasteiger partial charge in [0, 0.05) is 19.6 Å². The van der Waals surface area contributed by atoms with Gasteiger partial charge < -0.3 is 16.0 Å². The summed E-state index contributed by atoms with van der Waals surface area (Å²) >= 11 is 0. The van der Waals surface area contributed by atoms with Gasteiger partial charge >= 0.3 is 6.03 Å². The molecule has 1 fully saturated rings. The molecule has 124 valence electrons. The lowest BCUT2D eigenvalue weighted by Gasteiger charge is -2.32. The van der Waals surface area contributed by atoms with Crippen LogP contribution in [0.4, 0.5) is 4.79 Å². The van der Waals surface area contributed by atoms with E-state index in [0.717, 1.165) is 32.2 Å². The number of rotatable bonds is 4. The molecular formula is C15H22N6O2. The van der Waals surface area contributed by atoms with Gasteiger partial charge in [-0.2, -0.15) is 0 Å². The number of hydrogen-bond acceptors (Lipinski definition) is 4. The summed E-state index contributed by atoms with van der Waals surface area (Å²) in [6.07, 6.45) is 9.60. The fourth-order valence-corrected chi connectivity index (χ4v) is 3.09. The molecule has 8 heteroatoms. The predicted octanol–water partition coefficient (Wildman–Crippen LogP) is 0.690. The molecule has 0 spiro atoms. The number of likely N-dealkylation sites (tertiary alicyclic amines) is 1. The van der Waals surface area contributed by atoms with Crippen LogP contribution in [0.1, 0.15) is 42.2 Å². The van der Waals surface area contributed by atoms with Crippen molar-refractivity contribution in [1.29, 1.82) is 0 Å². The van der Waals surface area contributed by atoms with E-state index in [1.54, 1.807) is 10.9 Å². The third-order valence-corrected chi connectivity index (χ3v) is 4.54. The second kappa shape index (κ2) is 6.80. The van der Waals surface area contributed by atoms with Crippen molar-refractivity contribution >= 4 is 11.9 Å². The van der Waals surface area contributed by atoms with Gasteiger partial charge in [-0.3, -0.25) is 4.79 Å². The minimum Gasteiger partial charge on any atom is -0.364 e. The molecule has 1 aliphatic carbocycles. The van der Waals surface area contributed by atoms with Crippen molar-refractivity contribution in [2.75, 3.05) is 19.6 Å². The molecule has 1 saturated heterocycles. The first-order chi connectivity index (χ1) is 11.1. The lowest BCUT2D eigenvalue weighted by Crippen LogP contribution is -2.45.